The van der Waals surface area contributed by atoms with Gasteiger partial charge in [-0.05, 0) is 30.3 Å². The van der Waals surface area contributed by atoms with E-state index in [0.29, 0.717) is 31.9 Å². The van der Waals surface area contributed by atoms with E-state index in [9.17, 15) is 27.5 Å². The molecule has 1 atom stereocenters. The van der Waals surface area contributed by atoms with Gasteiger partial charge < -0.3 is 24.5 Å². The molecular weight excluding hydrogens is 516 g/mol. The number of hydrogen-bond donors (Lipinski definition) is 1. The van der Waals surface area contributed by atoms with E-state index in [0.717, 1.165) is 11.8 Å². The fourth-order valence-electron chi connectivity index (χ4n) is 5.11. The molecule has 0 aromatic heterocycles. The largest absolute Gasteiger partial charge is 0.497 e. The van der Waals surface area contributed by atoms with E-state index in [1.54, 1.807) is 12.0 Å². The number of carbonyl (C=O) groups is 1. The van der Waals surface area contributed by atoms with Gasteiger partial charge >= 0.3 is 12.1 Å². The van der Waals surface area contributed by atoms with Crippen LogP contribution in [0.25, 0.3) is 0 Å². The smallest absolute Gasteiger partial charge is 0.418 e. The summed E-state index contributed by atoms with van der Waals surface area (Å²) in [6.07, 6.45) is -5.26. The van der Waals surface area contributed by atoms with E-state index in [2.05, 4.69) is 9.89 Å². The number of anilines is 2. The SMILES string of the molecule is COc1cccc(N2CCN(C3=Nc4c(F)cccc4C(CC(=O)O)N3c3ccccc3C(F)(F)F)CC2)c1. The zero-order chi connectivity index (χ0) is 27.7. The first kappa shape index (κ1) is 26.3. The molecular formula is C28H26F4N4O3. The second-order valence-electron chi connectivity index (χ2n) is 9.26. The third kappa shape index (κ3) is 5.21. The van der Waals surface area contributed by atoms with Gasteiger partial charge in [-0.2, -0.15) is 13.2 Å². The first-order valence-corrected chi connectivity index (χ1v) is 12.4. The third-order valence-electron chi connectivity index (χ3n) is 6.93. The average Bonchev–Trinajstić information content (AvgIpc) is 2.92. The zero-order valence-corrected chi connectivity index (χ0v) is 21.0. The fraction of sp³-hybridized carbons (Fsp3) is 0.286. The van der Waals surface area contributed by atoms with Crippen LogP contribution in [0.15, 0.2) is 71.7 Å². The molecule has 1 N–H and O–H groups in total. The summed E-state index contributed by atoms with van der Waals surface area (Å²) >= 11 is 0. The predicted octanol–water partition coefficient (Wildman–Crippen LogP) is 5.70. The normalized spacial score (nSPS) is 17.5. The van der Waals surface area contributed by atoms with Gasteiger partial charge in [-0.1, -0.05) is 30.3 Å². The molecule has 11 heteroatoms. The van der Waals surface area contributed by atoms with Crippen LogP contribution < -0.4 is 14.5 Å². The van der Waals surface area contributed by atoms with Crippen molar-refractivity contribution in [1.29, 1.82) is 0 Å². The van der Waals surface area contributed by atoms with Crippen molar-refractivity contribution in [2.75, 3.05) is 43.1 Å². The van der Waals surface area contributed by atoms with Crippen LogP contribution in [-0.2, 0) is 11.0 Å². The van der Waals surface area contributed by atoms with Crippen LogP contribution in [0.2, 0.25) is 0 Å². The Morgan fingerprint density at radius 1 is 1.00 bits per heavy atom. The molecule has 2 aliphatic rings. The van der Waals surface area contributed by atoms with Gasteiger partial charge in [0.05, 0.1) is 30.8 Å². The molecule has 3 aromatic rings. The summed E-state index contributed by atoms with van der Waals surface area (Å²) < 4.78 is 62.7. The molecule has 1 saturated heterocycles. The van der Waals surface area contributed by atoms with E-state index < -0.39 is 36.0 Å². The maximum Gasteiger partial charge on any atom is 0.418 e. The van der Waals surface area contributed by atoms with Gasteiger partial charge in [-0.15, -0.1) is 0 Å². The predicted molar refractivity (Wildman–Crippen MR) is 139 cm³/mol. The summed E-state index contributed by atoms with van der Waals surface area (Å²) in [5.41, 5.74) is -0.0787. The van der Waals surface area contributed by atoms with E-state index in [4.69, 9.17) is 4.74 Å². The number of ether oxygens (including phenoxy) is 1. The molecule has 204 valence electrons. The van der Waals surface area contributed by atoms with Gasteiger partial charge in [0.15, 0.2) is 0 Å². The highest BCUT2D eigenvalue weighted by Crippen LogP contribution is 2.45. The monoisotopic (exact) mass is 542 g/mol. The number of aliphatic imine (C=N–C) groups is 1. The number of benzene rings is 3. The minimum Gasteiger partial charge on any atom is -0.497 e. The van der Waals surface area contributed by atoms with E-state index in [1.165, 1.54) is 41.3 Å². The number of piperazine rings is 1. The van der Waals surface area contributed by atoms with Crippen molar-refractivity contribution in [3.8, 4) is 5.75 Å². The maximum absolute atomic E-state index is 15.0. The summed E-state index contributed by atoms with van der Waals surface area (Å²) in [5, 5.41) is 9.74. The van der Waals surface area contributed by atoms with Crippen LogP contribution in [-0.4, -0.2) is 55.2 Å². The molecule has 7 nitrogen and oxygen atoms in total. The molecule has 3 aromatic carbocycles. The fourth-order valence-corrected chi connectivity index (χ4v) is 5.11. The van der Waals surface area contributed by atoms with Crippen LogP contribution in [0.4, 0.5) is 34.6 Å². The third-order valence-corrected chi connectivity index (χ3v) is 6.93. The highest BCUT2D eigenvalue weighted by atomic mass is 19.4. The second-order valence-corrected chi connectivity index (χ2v) is 9.26. The molecule has 1 fully saturated rings. The number of methoxy groups -OCH3 is 1. The lowest BCUT2D eigenvalue weighted by Gasteiger charge is -2.45. The Kier molecular flexibility index (Phi) is 7.07. The van der Waals surface area contributed by atoms with Crippen molar-refractivity contribution < 1.29 is 32.2 Å². The van der Waals surface area contributed by atoms with Crippen LogP contribution in [0.1, 0.15) is 23.6 Å². The number of hydrogen-bond acceptors (Lipinski definition) is 6. The average molecular weight is 543 g/mol. The van der Waals surface area contributed by atoms with E-state index >= 15 is 0 Å². The van der Waals surface area contributed by atoms with Crippen molar-refractivity contribution in [2.24, 2.45) is 4.99 Å². The van der Waals surface area contributed by atoms with Crippen molar-refractivity contribution in [2.45, 2.75) is 18.6 Å². The molecule has 1 unspecified atom stereocenters. The van der Waals surface area contributed by atoms with Crippen LogP contribution >= 0.6 is 0 Å². The van der Waals surface area contributed by atoms with Gasteiger partial charge in [0.1, 0.15) is 17.3 Å². The Morgan fingerprint density at radius 3 is 2.38 bits per heavy atom. The van der Waals surface area contributed by atoms with Crippen LogP contribution in [0.5, 0.6) is 5.75 Å². The Labute approximate surface area is 222 Å². The first-order valence-electron chi connectivity index (χ1n) is 12.4. The lowest BCUT2D eigenvalue weighted by Crippen LogP contribution is -2.55. The number of halogens is 4. The molecule has 2 heterocycles. The number of fused-ring (bicyclic) bond motifs is 1. The summed E-state index contributed by atoms with van der Waals surface area (Å²) in [6, 6.07) is 15.5. The van der Waals surface area contributed by atoms with Crippen LogP contribution in [0.3, 0.4) is 0 Å². The number of carboxylic acid groups (broad SMARTS) is 1. The Bertz CT molecular complexity index is 1400. The molecule has 0 amide bonds. The Hall–Kier alpha value is -4.28. The Balaban J connectivity index is 1.58. The highest BCUT2D eigenvalue weighted by molar-refractivity contribution is 6.02. The molecule has 2 aliphatic heterocycles. The molecule has 39 heavy (non-hydrogen) atoms. The molecule has 0 spiro atoms. The van der Waals surface area contributed by atoms with Gasteiger partial charge in [0.2, 0.25) is 5.96 Å². The van der Waals surface area contributed by atoms with Gasteiger partial charge in [0.25, 0.3) is 0 Å². The quantitative estimate of drug-likeness (QED) is 0.418. The first-order chi connectivity index (χ1) is 18.7. The van der Waals surface area contributed by atoms with Crippen molar-refractivity contribution in [3.05, 3.63) is 83.7 Å². The number of alkyl halides is 3. The number of nitrogens with zero attached hydrogens (tertiary/aromatic N) is 4. The maximum atomic E-state index is 15.0. The van der Waals surface area contributed by atoms with E-state index in [1.807, 2.05) is 24.3 Å². The van der Waals surface area contributed by atoms with Crippen molar-refractivity contribution >= 4 is 29.0 Å². The topological polar surface area (TPSA) is 68.6 Å². The lowest BCUT2D eigenvalue weighted by atomic mass is 9.96. The number of rotatable bonds is 5. The summed E-state index contributed by atoms with van der Waals surface area (Å²) in [6.45, 7) is 1.75. The van der Waals surface area contributed by atoms with Crippen molar-refractivity contribution in [1.82, 2.24) is 4.90 Å². The van der Waals surface area contributed by atoms with E-state index in [-0.39, 0.29) is 22.9 Å². The standard InChI is InChI=1S/C28H26F4N4O3/c1-39-19-7-4-6-18(16-19)34-12-14-35(15-13-34)27-33-26-20(8-5-10-22(26)29)24(17-25(37)38)36(27)23-11-3-2-9-21(23)28(30,31)32/h2-11,16,24H,12-15,17H2,1H3,(H,37,38). The lowest BCUT2D eigenvalue weighted by molar-refractivity contribution is -0.137. The molecule has 0 bridgehead atoms. The van der Waals surface area contributed by atoms with Gasteiger partial charge in [-0.3, -0.25) is 4.79 Å². The van der Waals surface area contributed by atoms with Gasteiger partial charge in [-0.25, -0.2) is 9.38 Å². The minimum atomic E-state index is -4.71. The molecule has 5 rings (SSSR count). The van der Waals surface area contributed by atoms with Crippen molar-refractivity contribution in [3.63, 3.8) is 0 Å². The minimum absolute atomic E-state index is 0.0604. The number of carboxylic acids is 1. The summed E-state index contributed by atoms with van der Waals surface area (Å²) in [7, 11) is 1.58. The molecule has 0 aliphatic carbocycles. The number of guanidine groups is 1. The zero-order valence-electron chi connectivity index (χ0n) is 21.0. The summed E-state index contributed by atoms with van der Waals surface area (Å²) in [4.78, 5) is 21.7. The number of aliphatic carboxylic acids is 1. The highest BCUT2D eigenvalue weighted by Gasteiger charge is 2.42. The van der Waals surface area contributed by atoms with Crippen LogP contribution in [0, 0.1) is 5.82 Å². The summed E-state index contributed by atoms with van der Waals surface area (Å²) in [5.74, 6) is -1.11. The second kappa shape index (κ2) is 10.5. The van der Waals surface area contributed by atoms with Gasteiger partial charge in [0, 0.05) is 43.5 Å². The molecule has 0 radical (unpaired) electrons. The molecule has 0 saturated carbocycles. The Morgan fingerprint density at radius 2 is 1.69 bits per heavy atom. The number of para-hydroxylation sites is 2.